The van der Waals surface area contributed by atoms with Crippen molar-refractivity contribution >= 4 is 5.91 Å². The van der Waals surface area contributed by atoms with E-state index < -0.39 is 0 Å². The molecule has 1 saturated heterocycles. The van der Waals surface area contributed by atoms with E-state index in [0.717, 1.165) is 25.8 Å². The molecule has 4 heteroatoms. The molecule has 4 nitrogen and oxygen atoms in total. The lowest BCUT2D eigenvalue weighted by Gasteiger charge is -2.40. The Bertz CT molecular complexity index is 277. The molecule has 3 N–H and O–H groups in total. The Labute approximate surface area is 110 Å². The third-order valence-corrected chi connectivity index (χ3v) is 4.54. The minimum absolute atomic E-state index is 0.181. The molecule has 0 aromatic carbocycles. The van der Waals surface area contributed by atoms with Crippen LogP contribution >= 0.6 is 0 Å². The van der Waals surface area contributed by atoms with Crippen LogP contribution in [0.3, 0.4) is 0 Å². The predicted molar refractivity (Wildman–Crippen MR) is 73.2 cm³/mol. The first-order chi connectivity index (χ1) is 8.66. The normalized spacial score (nSPS) is 25.2. The van der Waals surface area contributed by atoms with Gasteiger partial charge in [0.1, 0.15) is 0 Å². The average Bonchev–Trinajstić information content (AvgIpc) is 2.29. The maximum Gasteiger partial charge on any atom is 0.227 e. The zero-order valence-corrected chi connectivity index (χ0v) is 11.6. The first-order valence-corrected chi connectivity index (χ1v) is 7.40. The molecule has 18 heavy (non-hydrogen) atoms. The number of amides is 1. The number of carbonyl (C=O) groups is 1. The first kappa shape index (κ1) is 13.8. The monoisotopic (exact) mass is 253 g/mol. The fourth-order valence-electron chi connectivity index (χ4n) is 3.08. The number of hydrogen-bond acceptors (Lipinski definition) is 3. The highest BCUT2D eigenvalue weighted by atomic mass is 16.2. The lowest BCUT2D eigenvalue weighted by Crippen LogP contribution is -2.54. The van der Waals surface area contributed by atoms with Gasteiger partial charge in [-0.1, -0.05) is 12.8 Å². The summed E-state index contributed by atoms with van der Waals surface area (Å²) < 4.78 is 0. The summed E-state index contributed by atoms with van der Waals surface area (Å²) in [6.07, 6.45) is 7.02. The van der Waals surface area contributed by atoms with Gasteiger partial charge in [-0.05, 0) is 45.7 Å². The number of nitrogens with one attached hydrogen (secondary N) is 1. The molecule has 1 atom stereocenters. The standard InChI is InChI=1S/C14H27N3O/c1-12(10-17-8-3-2-4-9-17)16-13(18)14(11-15)6-5-7-14/h12H,2-11,15H2,1H3,(H,16,18). The topological polar surface area (TPSA) is 58.4 Å². The second kappa shape index (κ2) is 6.02. The van der Waals surface area contributed by atoms with Gasteiger partial charge in [-0.25, -0.2) is 0 Å². The van der Waals surface area contributed by atoms with Crippen LogP contribution in [0.5, 0.6) is 0 Å². The van der Waals surface area contributed by atoms with Gasteiger partial charge in [-0.15, -0.1) is 0 Å². The van der Waals surface area contributed by atoms with Gasteiger partial charge in [-0.2, -0.15) is 0 Å². The molecule has 2 fully saturated rings. The van der Waals surface area contributed by atoms with Crippen molar-refractivity contribution in [1.29, 1.82) is 0 Å². The van der Waals surface area contributed by atoms with E-state index in [9.17, 15) is 4.79 Å². The van der Waals surface area contributed by atoms with Crippen molar-refractivity contribution in [3.8, 4) is 0 Å². The minimum Gasteiger partial charge on any atom is -0.352 e. The van der Waals surface area contributed by atoms with Gasteiger partial charge in [0.05, 0.1) is 5.41 Å². The molecular weight excluding hydrogens is 226 g/mol. The van der Waals surface area contributed by atoms with Crippen molar-refractivity contribution in [3.63, 3.8) is 0 Å². The summed E-state index contributed by atoms with van der Waals surface area (Å²) >= 11 is 0. The van der Waals surface area contributed by atoms with Crippen LogP contribution in [0.15, 0.2) is 0 Å². The summed E-state index contributed by atoms with van der Waals surface area (Å²) in [7, 11) is 0. The Morgan fingerprint density at radius 2 is 1.94 bits per heavy atom. The van der Waals surface area contributed by atoms with Crippen LogP contribution in [-0.4, -0.2) is 43.0 Å². The maximum atomic E-state index is 12.2. The molecule has 1 unspecified atom stereocenters. The number of nitrogens with two attached hydrogens (primary N) is 1. The van der Waals surface area contributed by atoms with Crippen LogP contribution in [0.25, 0.3) is 0 Å². The van der Waals surface area contributed by atoms with E-state index in [-0.39, 0.29) is 17.4 Å². The maximum absolute atomic E-state index is 12.2. The summed E-state index contributed by atoms with van der Waals surface area (Å²) in [5, 5.41) is 3.16. The fourth-order valence-corrected chi connectivity index (χ4v) is 3.08. The highest BCUT2D eigenvalue weighted by Crippen LogP contribution is 2.40. The number of hydrogen-bond donors (Lipinski definition) is 2. The average molecular weight is 253 g/mol. The van der Waals surface area contributed by atoms with Gasteiger partial charge >= 0.3 is 0 Å². The summed E-state index contributed by atoms with van der Waals surface area (Å²) in [5.74, 6) is 0.181. The van der Waals surface area contributed by atoms with Crippen molar-refractivity contribution in [2.75, 3.05) is 26.2 Å². The summed E-state index contributed by atoms with van der Waals surface area (Å²) in [6.45, 7) is 5.95. The number of carbonyl (C=O) groups excluding carboxylic acids is 1. The van der Waals surface area contributed by atoms with Crippen LogP contribution in [-0.2, 0) is 4.79 Å². The molecule has 1 saturated carbocycles. The number of likely N-dealkylation sites (tertiary alicyclic amines) is 1. The van der Waals surface area contributed by atoms with E-state index in [1.807, 2.05) is 0 Å². The second-order valence-corrected chi connectivity index (χ2v) is 6.07. The highest BCUT2D eigenvalue weighted by Gasteiger charge is 2.43. The summed E-state index contributed by atoms with van der Waals surface area (Å²) in [6, 6.07) is 0.236. The smallest absolute Gasteiger partial charge is 0.227 e. The quantitative estimate of drug-likeness (QED) is 0.771. The number of nitrogens with zero attached hydrogens (tertiary/aromatic N) is 1. The molecule has 2 aliphatic rings. The third kappa shape index (κ3) is 3.04. The van der Waals surface area contributed by atoms with Crippen molar-refractivity contribution in [2.45, 2.75) is 51.5 Å². The Hall–Kier alpha value is -0.610. The largest absolute Gasteiger partial charge is 0.352 e. The molecule has 0 bridgehead atoms. The van der Waals surface area contributed by atoms with Gasteiger partial charge in [0.25, 0.3) is 0 Å². The summed E-state index contributed by atoms with van der Waals surface area (Å²) in [4.78, 5) is 14.7. The molecule has 1 aliphatic carbocycles. The molecule has 1 amide bonds. The van der Waals surface area contributed by atoms with Gasteiger partial charge in [0.2, 0.25) is 5.91 Å². The molecule has 1 aliphatic heterocycles. The van der Waals surface area contributed by atoms with E-state index >= 15 is 0 Å². The van der Waals surface area contributed by atoms with Crippen LogP contribution in [0.2, 0.25) is 0 Å². The van der Waals surface area contributed by atoms with E-state index in [4.69, 9.17) is 5.73 Å². The molecule has 104 valence electrons. The second-order valence-electron chi connectivity index (χ2n) is 6.07. The SMILES string of the molecule is CC(CN1CCCCC1)NC(=O)C1(CN)CCC1. The molecular formula is C14H27N3O. The Kier molecular flexibility index (Phi) is 4.62. The molecule has 0 aromatic heterocycles. The zero-order chi connectivity index (χ0) is 13.0. The Balaban J connectivity index is 1.76. The van der Waals surface area contributed by atoms with Crippen LogP contribution in [0.1, 0.15) is 45.4 Å². The van der Waals surface area contributed by atoms with E-state index in [1.165, 1.54) is 32.4 Å². The van der Waals surface area contributed by atoms with Crippen LogP contribution < -0.4 is 11.1 Å². The molecule has 0 aromatic rings. The van der Waals surface area contributed by atoms with E-state index in [0.29, 0.717) is 6.54 Å². The van der Waals surface area contributed by atoms with Gasteiger partial charge in [0.15, 0.2) is 0 Å². The van der Waals surface area contributed by atoms with E-state index in [1.54, 1.807) is 0 Å². The van der Waals surface area contributed by atoms with Crippen LogP contribution in [0.4, 0.5) is 0 Å². The number of piperidine rings is 1. The van der Waals surface area contributed by atoms with Gasteiger partial charge < -0.3 is 16.0 Å². The lowest BCUT2D eigenvalue weighted by molar-refractivity contribution is -0.136. The molecule has 1 heterocycles. The fraction of sp³-hybridized carbons (Fsp3) is 0.929. The lowest BCUT2D eigenvalue weighted by atomic mass is 9.68. The first-order valence-electron chi connectivity index (χ1n) is 7.40. The third-order valence-electron chi connectivity index (χ3n) is 4.54. The van der Waals surface area contributed by atoms with Crippen molar-refractivity contribution in [3.05, 3.63) is 0 Å². The van der Waals surface area contributed by atoms with E-state index in [2.05, 4.69) is 17.1 Å². The van der Waals surface area contributed by atoms with Gasteiger partial charge in [-0.3, -0.25) is 4.79 Å². The van der Waals surface area contributed by atoms with Crippen LogP contribution in [0, 0.1) is 5.41 Å². The molecule has 0 radical (unpaired) electrons. The van der Waals surface area contributed by atoms with Gasteiger partial charge in [0, 0.05) is 19.1 Å². The highest BCUT2D eigenvalue weighted by molar-refractivity contribution is 5.84. The Morgan fingerprint density at radius 3 is 2.44 bits per heavy atom. The van der Waals surface area contributed by atoms with Crippen molar-refractivity contribution in [2.24, 2.45) is 11.1 Å². The predicted octanol–water partition coefficient (Wildman–Crippen LogP) is 1.11. The Morgan fingerprint density at radius 1 is 1.28 bits per heavy atom. The molecule has 2 rings (SSSR count). The van der Waals surface area contributed by atoms with Crippen molar-refractivity contribution in [1.82, 2.24) is 10.2 Å². The zero-order valence-electron chi connectivity index (χ0n) is 11.6. The minimum atomic E-state index is -0.240. The van der Waals surface area contributed by atoms with Crippen molar-refractivity contribution < 1.29 is 4.79 Å². The number of rotatable bonds is 5. The summed E-state index contributed by atoms with van der Waals surface area (Å²) in [5.41, 5.74) is 5.52. The molecule has 0 spiro atoms.